The topological polar surface area (TPSA) is 30.7 Å². The summed E-state index contributed by atoms with van der Waals surface area (Å²) in [5.41, 5.74) is 1.81. The lowest BCUT2D eigenvalue weighted by molar-refractivity contribution is 0.360. The van der Waals surface area contributed by atoms with Crippen LogP contribution >= 0.6 is 0 Å². The van der Waals surface area contributed by atoms with Crippen LogP contribution in [0, 0.1) is 10.8 Å². The van der Waals surface area contributed by atoms with E-state index in [0.717, 1.165) is 6.42 Å². The molecule has 0 spiro atoms. The largest absolute Gasteiger partial charge is 0.225 e. The Morgan fingerprint density at radius 2 is 1.79 bits per heavy atom. The van der Waals surface area contributed by atoms with Gasteiger partial charge in [-0.25, -0.2) is 4.68 Å². The van der Waals surface area contributed by atoms with Crippen LogP contribution in [-0.2, 0) is 6.42 Å². The van der Waals surface area contributed by atoms with E-state index in [1.807, 2.05) is 17.1 Å². The Labute approximate surface area is 118 Å². The Bertz CT molecular complexity index is 402. The van der Waals surface area contributed by atoms with Gasteiger partial charge < -0.3 is 0 Å². The first-order chi connectivity index (χ1) is 8.67. The summed E-state index contributed by atoms with van der Waals surface area (Å²) in [5.74, 6) is 0. The normalized spacial score (nSPS) is 13.4. The third kappa shape index (κ3) is 7.14. The van der Waals surface area contributed by atoms with Crippen molar-refractivity contribution in [3.8, 4) is 0 Å². The number of aryl methyl sites for hydroxylation is 1. The highest BCUT2D eigenvalue weighted by Crippen LogP contribution is 2.22. The molecule has 0 N–H and O–H groups in total. The fourth-order valence-corrected chi connectivity index (χ4v) is 1.83. The second kappa shape index (κ2) is 6.36. The molecule has 1 heterocycles. The second-order valence-corrected chi connectivity index (χ2v) is 7.62. The van der Waals surface area contributed by atoms with Crippen LogP contribution in [0.2, 0.25) is 0 Å². The Morgan fingerprint density at radius 1 is 1.11 bits per heavy atom. The zero-order chi connectivity index (χ0) is 14.5. The van der Waals surface area contributed by atoms with Crippen LogP contribution in [0.15, 0.2) is 12.3 Å². The number of hydrogen-bond acceptors (Lipinski definition) is 2. The third-order valence-corrected chi connectivity index (χ3v) is 2.97. The number of unbranched alkanes of at least 4 members (excludes halogenated alkanes) is 1. The molecule has 3 heteroatoms. The number of aromatic nitrogens is 3. The van der Waals surface area contributed by atoms with Crippen molar-refractivity contribution in [3.63, 3.8) is 0 Å². The maximum Gasteiger partial charge on any atom is 0.0729 e. The van der Waals surface area contributed by atoms with E-state index < -0.39 is 0 Å². The van der Waals surface area contributed by atoms with Crippen molar-refractivity contribution in [1.29, 1.82) is 0 Å². The minimum absolute atomic E-state index is 0.176. The molecule has 0 aliphatic carbocycles. The summed E-state index contributed by atoms with van der Waals surface area (Å²) in [7, 11) is 0. The molecule has 0 radical (unpaired) electrons. The summed E-state index contributed by atoms with van der Waals surface area (Å²) in [6.07, 6.45) is 10.9. The minimum atomic E-state index is 0.176. The van der Waals surface area contributed by atoms with Crippen molar-refractivity contribution >= 4 is 6.20 Å². The number of allylic oxidation sites excluding steroid dienone is 1. The molecule has 0 aliphatic rings. The van der Waals surface area contributed by atoms with Crippen LogP contribution in [0.5, 0.6) is 0 Å². The minimum Gasteiger partial charge on any atom is -0.225 e. The summed E-state index contributed by atoms with van der Waals surface area (Å²) in [4.78, 5) is 0. The van der Waals surface area contributed by atoms with Crippen molar-refractivity contribution in [2.45, 2.75) is 67.2 Å². The maximum absolute atomic E-state index is 4.13. The van der Waals surface area contributed by atoms with Gasteiger partial charge in [-0.15, -0.1) is 5.10 Å². The predicted molar refractivity (Wildman–Crippen MR) is 81.8 cm³/mol. The van der Waals surface area contributed by atoms with Gasteiger partial charge in [0.2, 0.25) is 0 Å². The Kier molecular flexibility index (Phi) is 5.33. The molecule has 0 saturated carbocycles. The molecule has 0 saturated heterocycles. The van der Waals surface area contributed by atoms with Gasteiger partial charge in [0.05, 0.1) is 11.9 Å². The molecule has 0 atom stereocenters. The fourth-order valence-electron chi connectivity index (χ4n) is 1.83. The zero-order valence-electron chi connectivity index (χ0n) is 13.4. The summed E-state index contributed by atoms with van der Waals surface area (Å²) in [6.45, 7) is 13.4. The molecule has 0 bridgehead atoms. The van der Waals surface area contributed by atoms with E-state index in [1.165, 1.54) is 25.0 Å². The Morgan fingerprint density at radius 3 is 2.37 bits per heavy atom. The van der Waals surface area contributed by atoms with Crippen LogP contribution in [0.25, 0.3) is 6.20 Å². The van der Waals surface area contributed by atoms with E-state index in [9.17, 15) is 0 Å². The summed E-state index contributed by atoms with van der Waals surface area (Å²) in [6, 6.07) is 0. The Balaban J connectivity index is 2.48. The highest BCUT2D eigenvalue weighted by Gasteiger charge is 2.10. The zero-order valence-corrected chi connectivity index (χ0v) is 13.4. The van der Waals surface area contributed by atoms with Crippen LogP contribution in [-0.4, -0.2) is 15.0 Å². The smallest absolute Gasteiger partial charge is 0.0729 e. The van der Waals surface area contributed by atoms with Crippen molar-refractivity contribution in [2.75, 3.05) is 0 Å². The molecule has 0 fully saturated rings. The van der Waals surface area contributed by atoms with Crippen molar-refractivity contribution in [1.82, 2.24) is 15.0 Å². The van der Waals surface area contributed by atoms with Crippen LogP contribution in [0.1, 0.15) is 66.5 Å². The van der Waals surface area contributed by atoms with Gasteiger partial charge in [0.15, 0.2) is 0 Å². The first kappa shape index (κ1) is 15.9. The van der Waals surface area contributed by atoms with E-state index in [2.05, 4.69) is 57.9 Å². The van der Waals surface area contributed by atoms with Gasteiger partial charge in [-0.1, -0.05) is 59.3 Å². The van der Waals surface area contributed by atoms with Crippen molar-refractivity contribution in [2.24, 2.45) is 10.8 Å². The molecular formula is C16H29N3. The monoisotopic (exact) mass is 263 g/mol. The van der Waals surface area contributed by atoms with E-state index in [0.29, 0.717) is 5.41 Å². The van der Waals surface area contributed by atoms with Gasteiger partial charge >= 0.3 is 0 Å². The molecule has 0 aromatic carbocycles. The van der Waals surface area contributed by atoms with Crippen LogP contribution in [0.4, 0.5) is 0 Å². The molecule has 0 unspecified atom stereocenters. The molecule has 1 rings (SSSR count). The van der Waals surface area contributed by atoms with E-state index in [1.54, 1.807) is 0 Å². The SMILES string of the molecule is CC(C)(C)/C=C/n1nncc1CCCCC(C)(C)C. The molecule has 1 aromatic heterocycles. The molecule has 1 aromatic rings. The lowest BCUT2D eigenvalue weighted by Crippen LogP contribution is -2.05. The highest BCUT2D eigenvalue weighted by atomic mass is 15.4. The van der Waals surface area contributed by atoms with Crippen molar-refractivity contribution in [3.05, 3.63) is 18.0 Å². The van der Waals surface area contributed by atoms with Gasteiger partial charge in [-0.2, -0.15) is 0 Å². The van der Waals surface area contributed by atoms with Gasteiger partial charge in [0.25, 0.3) is 0 Å². The fraction of sp³-hybridized carbons (Fsp3) is 0.750. The predicted octanol–water partition coefficient (Wildman–Crippen LogP) is 4.55. The summed E-state index contributed by atoms with van der Waals surface area (Å²) < 4.78 is 1.91. The second-order valence-electron chi connectivity index (χ2n) is 7.62. The number of hydrogen-bond donors (Lipinski definition) is 0. The third-order valence-electron chi connectivity index (χ3n) is 2.97. The first-order valence-electron chi connectivity index (χ1n) is 7.26. The molecule has 108 valence electrons. The van der Waals surface area contributed by atoms with E-state index in [4.69, 9.17) is 0 Å². The molecule has 3 nitrogen and oxygen atoms in total. The highest BCUT2D eigenvalue weighted by molar-refractivity contribution is 5.25. The first-order valence-corrected chi connectivity index (χ1v) is 7.26. The quantitative estimate of drug-likeness (QED) is 0.729. The van der Waals surface area contributed by atoms with Gasteiger partial charge in [0.1, 0.15) is 0 Å². The molecule has 19 heavy (non-hydrogen) atoms. The lowest BCUT2D eigenvalue weighted by Gasteiger charge is -2.17. The summed E-state index contributed by atoms with van der Waals surface area (Å²) >= 11 is 0. The average molecular weight is 263 g/mol. The Hall–Kier alpha value is -1.12. The van der Waals surface area contributed by atoms with E-state index in [-0.39, 0.29) is 5.41 Å². The number of nitrogens with zero attached hydrogens (tertiary/aromatic N) is 3. The average Bonchev–Trinajstić information content (AvgIpc) is 2.66. The maximum atomic E-state index is 4.13. The van der Waals surface area contributed by atoms with Crippen LogP contribution < -0.4 is 0 Å². The van der Waals surface area contributed by atoms with Gasteiger partial charge in [0, 0.05) is 6.20 Å². The summed E-state index contributed by atoms with van der Waals surface area (Å²) in [5, 5.41) is 8.14. The molecular weight excluding hydrogens is 234 g/mol. The lowest BCUT2D eigenvalue weighted by atomic mass is 9.89. The number of rotatable bonds is 5. The molecule has 0 aliphatic heterocycles. The molecule has 0 amide bonds. The standard InChI is InChI=1S/C16H29N3/c1-15(2,3)10-8-7-9-14-13-17-18-19(14)12-11-16(4,5)6/h11-13H,7-10H2,1-6H3/b12-11+. The van der Waals surface area contributed by atoms with Gasteiger partial charge in [-0.3, -0.25) is 0 Å². The van der Waals surface area contributed by atoms with Gasteiger partial charge in [-0.05, 0) is 30.1 Å². The van der Waals surface area contributed by atoms with Crippen LogP contribution in [0.3, 0.4) is 0 Å². The van der Waals surface area contributed by atoms with E-state index >= 15 is 0 Å². The van der Waals surface area contributed by atoms with Crippen molar-refractivity contribution < 1.29 is 0 Å².